The maximum Gasteiger partial charge on any atom is 0.416 e. The molecule has 0 bridgehead atoms. The zero-order valence-electron chi connectivity index (χ0n) is 15.8. The largest absolute Gasteiger partial charge is 0.416 e. The van der Waals surface area contributed by atoms with Gasteiger partial charge in [0.1, 0.15) is 0 Å². The van der Waals surface area contributed by atoms with Crippen molar-refractivity contribution in [2.24, 2.45) is 0 Å². The van der Waals surface area contributed by atoms with Crippen LogP contribution < -0.4 is 10.9 Å². The Balaban J connectivity index is 1.90. The molecule has 158 valence electrons. The molecule has 1 heterocycles. The predicted molar refractivity (Wildman–Crippen MR) is 109 cm³/mol. The number of hydrogen-bond acceptors (Lipinski definition) is 3. The van der Waals surface area contributed by atoms with E-state index in [1.54, 1.807) is 13.0 Å². The molecule has 2 aromatic carbocycles. The van der Waals surface area contributed by atoms with E-state index in [-0.39, 0.29) is 40.2 Å². The summed E-state index contributed by atoms with van der Waals surface area (Å²) in [7, 11) is 0. The number of aromatic nitrogens is 1. The minimum absolute atomic E-state index is 0.106. The zero-order valence-corrected chi connectivity index (χ0v) is 16.6. The summed E-state index contributed by atoms with van der Waals surface area (Å²) < 4.78 is 39.9. The summed E-state index contributed by atoms with van der Waals surface area (Å²) in [6.45, 7) is 1.66. The Hall–Kier alpha value is -2.84. The van der Waals surface area contributed by atoms with Crippen molar-refractivity contribution >= 4 is 34.0 Å². The molecule has 5 nitrogen and oxygen atoms in total. The van der Waals surface area contributed by atoms with Crippen LogP contribution in [0.1, 0.15) is 18.1 Å². The van der Waals surface area contributed by atoms with Crippen LogP contribution in [0, 0.1) is 0 Å². The molecule has 1 unspecified atom stereocenters. The van der Waals surface area contributed by atoms with Gasteiger partial charge in [-0.15, -0.1) is 0 Å². The molecular weight excluding hydrogens is 421 g/mol. The van der Waals surface area contributed by atoms with E-state index in [0.717, 1.165) is 12.1 Å². The summed E-state index contributed by atoms with van der Waals surface area (Å²) in [6.07, 6.45) is -4.04. The van der Waals surface area contributed by atoms with Crippen LogP contribution in [0.25, 0.3) is 10.8 Å². The molecule has 0 radical (unpaired) electrons. The van der Waals surface area contributed by atoms with Gasteiger partial charge in [0.05, 0.1) is 35.3 Å². The second kappa shape index (κ2) is 8.49. The fourth-order valence-corrected chi connectivity index (χ4v) is 3.33. The van der Waals surface area contributed by atoms with Gasteiger partial charge in [0.2, 0.25) is 5.91 Å². The number of halogens is 4. The molecule has 0 spiro atoms. The lowest BCUT2D eigenvalue weighted by Crippen LogP contribution is -2.25. The van der Waals surface area contributed by atoms with E-state index in [0.29, 0.717) is 5.39 Å². The van der Waals surface area contributed by atoms with Crippen molar-refractivity contribution in [1.82, 2.24) is 4.57 Å². The number of fused-ring (bicyclic) bond motifs is 1. The minimum atomic E-state index is -4.50. The number of carbonyl (C=O) groups excluding carboxylic acids is 1. The van der Waals surface area contributed by atoms with E-state index >= 15 is 0 Å². The number of aliphatic hydroxyl groups excluding tert-OH is 1. The second-order valence-corrected chi connectivity index (χ2v) is 7.34. The van der Waals surface area contributed by atoms with Gasteiger partial charge in [-0.1, -0.05) is 29.8 Å². The summed E-state index contributed by atoms with van der Waals surface area (Å²) in [5.41, 5.74) is -0.807. The standard InChI is InChI=1S/C21H18ClF3N2O3/c1-12(28)11-27-8-7-15-16(20(27)30)5-6-17(22)19(15)26-18(29)10-13-3-2-4-14(9-13)21(23,24)25/h2-9,12,28H,10-11H2,1H3,(H,26,29). The Kier molecular flexibility index (Phi) is 6.19. The van der Waals surface area contributed by atoms with Crippen molar-refractivity contribution in [2.75, 3.05) is 5.32 Å². The second-order valence-electron chi connectivity index (χ2n) is 6.93. The van der Waals surface area contributed by atoms with Crippen molar-refractivity contribution in [3.05, 3.63) is 75.2 Å². The van der Waals surface area contributed by atoms with Crippen LogP contribution >= 0.6 is 11.6 Å². The summed E-state index contributed by atoms with van der Waals surface area (Å²) in [4.78, 5) is 25.1. The highest BCUT2D eigenvalue weighted by Crippen LogP contribution is 2.31. The molecular formula is C21H18ClF3N2O3. The van der Waals surface area contributed by atoms with Gasteiger partial charge in [-0.2, -0.15) is 13.2 Å². The van der Waals surface area contributed by atoms with Crippen LogP contribution in [0.3, 0.4) is 0 Å². The molecule has 2 N–H and O–H groups in total. The van der Waals surface area contributed by atoms with Crippen molar-refractivity contribution in [2.45, 2.75) is 32.2 Å². The molecule has 0 aliphatic carbocycles. The molecule has 3 aromatic rings. The van der Waals surface area contributed by atoms with Gasteiger partial charge < -0.3 is 15.0 Å². The lowest BCUT2D eigenvalue weighted by molar-refractivity contribution is -0.137. The molecule has 0 aliphatic rings. The molecule has 3 rings (SSSR count). The Morgan fingerprint density at radius 2 is 1.93 bits per heavy atom. The van der Waals surface area contributed by atoms with Gasteiger partial charge in [0, 0.05) is 17.0 Å². The van der Waals surface area contributed by atoms with Crippen molar-refractivity contribution in [3.8, 4) is 0 Å². The van der Waals surface area contributed by atoms with E-state index in [9.17, 15) is 27.9 Å². The van der Waals surface area contributed by atoms with Crippen LogP contribution in [0.15, 0.2) is 53.5 Å². The highest BCUT2D eigenvalue weighted by molar-refractivity contribution is 6.35. The molecule has 1 aromatic heterocycles. The topological polar surface area (TPSA) is 71.3 Å². The van der Waals surface area contributed by atoms with Gasteiger partial charge in [0.25, 0.3) is 5.56 Å². The third-order valence-electron chi connectivity index (χ3n) is 4.45. The Morgan fingerprint density at radius 3 is 2.60 bits per heavy atom. The maximum absolute atomic E-state index is 12.9. The summed E-state index contributed by atoms with van der Waals surface area (Å²) in [5, 5.41) is 13.0. The molecule has 0 fully saturated rings. The smallest absolute Gasteiger partial charge is 0.392 e. The first-order valence-corrected chi connectivity index (χ1v) is 9.40. The Labute approximate surface area is 174 Å². The van der Waals surface area contributed by atoms with Crippen molar-refractivity contribution < 1.29 is 23.1 Å². The number of alkyl halides is 3. The van der Waals surface area contributed by atoms with Crippen LogP contribution in [-0.4, -0.2) is 21.7 Å². The maximum atomic E-state index is 12.9. The summed E-state index contributed by atoms with van der Waals surface area (Å²) in [5.74, 6) is -0.572. The lowest BCUT2D eigenvalue weighted by Gasteiger charge is -2.14. The van der Waals surface area contributed by atoms with Crippen LogP contribution in [-0.2, 0) is 23.9 Å². The normalized spacial score (nSPS) is 12.7. The van der Waals surface area contributed by atoms with E-state index in [1.165, 1.54) is 35.0 Å². The van der Waals surface area contributed by atoms with Crippen molar-refractivity contribution in [3.63, 3.8) is 0 Å². The first-order chi connectivity index (χ1) is 14.1. The van der Waals surface area contributed by atoms with E-state index < -0.39 is 23.8 Å². The van der Waals surface area contributed by atoms with Crippen LogP contribution in [0.4, 0.5) is 18.9 Å². The quantitative estimate of drug-likeness (QED) is 0.626. The molecule has 30 heavy (non-hydrogen) atoms. The van der Waals surface area contributed by atoms with Crippen LogP contribution in [0.5, 0.6) is 0 Å². The fraction of sp³-hybridized carbons (Fsp3) is 0.238. The number of rotatable bonds is 5. The molecule has 1 amide bonds. The Bertz CT molecular complexity index is 1160. The van der Waals surface area contributed by atoms with E-state index in [1.807, 2.05) is 0 Å². The van der Waals surface area contributed by atoms with Gasteiger partial charge in [-0.3, -0.25) is 9.59 Å². The number of aliphatic hydroxyl groups is 1. The lowest BCUT2D eigenvalue weighted by atomic mass is 10.1. The molecule has 0 aliphatic heterocycles. The summed E-state index contributed by atoms with van der Waals surface area (Å²) >= 11 is 6.20. The van der Waals surface area contributed by atoms with Gasteiger partial charge in [0.15, 0.2) is 0 Å². The Morgan fingerprint density at radius 1 is 1.20 bits per heavy atom. The number of carbonyl (C=O) groups is 1. The third-order valence-corrected chi connectivity index (χ3v) is 4.77. The van der Waals surface area contributed by atoms with Gasteiger partial charge >= 0.3 is 6.18 Å². The number of pyridine rings is 1. The van der Waals surface area contributed by atoms with E-state index in [4.69, 9.17) is 11.6 Å². The summed E-state index contributed by atoms with van der Waals surface area (Å²) in [6, 6.07) is 9.07. The number of hydrogen-bond donors (Lipinski definition) is 2. The van der Waals surface area contributed by atoms with Gasteiger partial charge in [-0.05, 0) is 36.8 Å². The molecule has 9 heteroatoms. The highest BCUT2D eigenvalue weighted by atomic mass is 35.5. The first-order valence-electron chi connectivity index (χ1n) is 9.02. The van der Waals surface area contributed by atoms with Crippen LogP contribution in [0.2, 0.25) is 5.02 Å². The SMILES string of the molecule is CC(O)Cn1ccc2c(NC(=O)Cc3cccc(C(F)(F)F)c3)c(Cl)ccc2c1=O. The number of nitrogens with zero attached hydrogens (tertiary/aromatic N) is 1. The van der Waals surface area contributed by atoms with E-state index in [2.05, 4.69) is 5.32 Å². The minimum Gasteiger partial charge on any atom is -0.392 e. The third kappa shape index (κ3) is 4.83. The predicted octanol–water partition coefficient (Wildman–Crippen LogP) is 4.24. The average molecular weight is 439 g/mol. The average Bonchev–Trinajstić information content (AvgIpc) is 2.65. The number of amides is 1. The van der Waals surface area contributed by atoms with Gasteiger partial charge in [-0.25, -0.2) is 0 Å². The highest BCUT2D eigenvalue weighted by Gasteiger charge is 2.30. The number of benzene rings is 2. The monoisotopic (exact) mass is 438 g/mol. The molecule has 0 saturated heterocycles. The first kappa shape index (κ1) is 21.9. The molecule has 1 atom stereocenters. The number of anilines is 1. The van der Waals surface area contributed by atoms with Crippen molar-refractivity contribution in [1.29, 1.82) is 0 Å². The number of nitrogens with one attached hydrogen (secondary N) is 1. The fourth-order valence-electron chi connectivity index (χ4n) is 3.12. The zero-order chi connectivity index (χ0) is 22.1. The molecule has 0 saturated carbocycles.